The van der Waals surface area contributed by atoms with Crippen LogP contribution in [0, 0.1) is 23.7 Å². The summed E-state index contributed by atoms with van der Waals surface area (Å²) in [6.45, 7) is 9.57. The van der Waals surface area contributed by atoms with Crippen molar-refractivity contribution in [2.24, 2.45) is 23.7 Å². The second kappa shape index (κ2) is 8.34. The van der Waals surface area contributed by atoms with Gasteiger partial charge in [0.15, 0.2) is 5.78 Å². The largest absolute Gasteiger partial charge is 0.463 e. The molecule has 2 aliphatic rings. The predicted octanol–water partition coefficient (Wildman–Crippen LogP) is 4.00. The summed E-state index contributed by atoms with van der Waals surface area (Å²) >= 11 is 0. The summed E-state index contributed by atoms with van der Waals surface area (Å²) < 4.78 is 5.18. The zero-order chi connectivity index (χ0) is 19.5. The minimum atomic E-state index is -1.15. The Labute approximate surface area is 157 Å². The van der Waals surface area contributed by atoms with Crippen molar-refractivity contribution in [3.8, 4) is 0 Å². The minimum Gasteiger partial charge on any atom is -0.463 e. The van der Waals surface area contributed by atoms with Gasteiger partial charge in [-0.2, -0.15) is 0 Å². The Balaban J connectivity index is 2.21. The summed E-state index contributed by atoms with van der Waals surface area (Å²) in [5.41, 5.74) is 1.36. The fourth-order valence-corrected chi connectivity index (χ4v) is 4.36. The van der Waals surface area contributed by atoms with Gasteiger partial charge in [-0.15, -0.1) is 0 Å². The van der Waals surface area contributed by atoms with Crippen LogP contribution in [0.3, 0.4) is 0 Å². The molecule has 0 aromatic rings. The third kappa shape index (κ3) is 4.73. The van der Waals surface area contributed by atoms with E-state index in [-0.39, 0.29) is 36.1 Å². The normalized spacial score (nSPS) is 34.2. The van der Waals surface area contributed by atoms with Crippen LogP contribution in [-0.2, 0) is 14.3 Å². The van der Waals surface area contributed by atoms with Crippen molar-refractivity contribution in [3.63, 3.8) is 0 Å². The third-order valence-corrected chi connectivity index (χ3v) is 5.86. The van der Waals surface area contributed by atoms with Crippen molar-refractivity contribution >= 4 is 11.8 Å². The van der Waals surface area contributed by atoms with Crippen LogP contribution in [0.2, 0.25) is 0 Å². The van der Waals surface area contributed by atoms with Crippen LogP contribution in [0.5, 0.6) is 0 Å². The number of allylic oxidation sites excluding steroid dienone is 6. The molecule has 0 saturated heterocycles. The van der Waals surface area contributed by atoms with Crippen molar-refractivity contribution in [3.05, 3.63) is 35.5 Å². The first-order chi connectivity index (χ1) is 12.1. The van der Waals surface area contributed by atoms with Crippen molar-refractivity contribution in [2.75, 3.05) is 6.61 Å². The molecule has 0 unspecified atom stereocenters. The molecule has 4 nitrogen and oxygen atoms in total. The number of esters is 1. The molecular weight excluding hydrogens is 328 g/mol. The Morgan fingerprint density at radius 3 is 2.54 bits per heavy atom. The zero-order valence-electron chi connectivity index (χ0n) is 16.6. The number of rotatable bonds is 6. The Hall–Kier alpha value is -1.68. The van der Waals surface area contributed by atoms with E-state index in [2.05, 4.69) is 32.9 Å². The van der Waals surface area contributed by atoms with Crippen LogP contribution in [0.15, 0.2) is 35.5 Å². The molecule has 26 heavy (non-hydrogen) atoms. The lowest BCUT2D eigenvalue weighted by molar-refractivity contribution is -0.153. The molecule has 2 rings (SSSR count). The predicted molar refractivity (Wildman–Crippen MR) is 102 cm³/mol. The number of hydrogen-bond donors (Lipinski definition) is 1. The first-order valence-corrected chi connectivity index (χ1v) is 9.52. The molecule has 0 radical (unpaired) electrons. The third-order valence-electron chi connectivity index (χ3n) is 5.86. The van der Waals surface area contributed by atoms with Crippen LogP contribution in [-0.4, -0.2) is 29.1 Å². The molecule has 5 atom stereocenters. The molecule has 0 aliphatic heterocycles. The molecule has 1 saturated carbocycles. The van der Waals surface area contributed by atoms with E-state index in [1.807, 2.05) is 13.0 Å². The maximum atomic E-state index is 12.4. The fourth-order valence-electron chi connectivity index (χ4n) is 4.36. The van der Waals surface area contributed by atoms with E-state index < -0.39 is 11.6 Å². The molecular formula is C22H32O4. The molecule has 0 aromatic carbocycles. The summed E-state index contributed by atoms with van der Waals surface area (Å²) in [6, 6.07) is 0. The minimum absolute atomic E-state index is 0.0404. The molecule has 0 bridgehead atoms. The lowest BCUT2D eigenvalue weighted by atomic mass is 9.75. The van der Waals surface area contributed by atoms with Gasteiger partial charge in [-0.1, -0.05) is 36.3 Å². The number of carbonyl (C=O) groups is 2. The molecule has 144 valence electrons. The van der Waals surface area contributed by atoms with Gasteiger partial charge in [0.2, 0.25) is 0 Å². The van der Waals surface area contributed by atoms with Crippen LogP contribution in [0.4, 0.5) is 0 Å². The SMILES string of the molecule is CC(=O)OC[C@@]1(O)C[C@@H](/C(C)=C\CC=C(C)C)C[C@H]1[C@H]1C(=O)C=C[C@H]1C. The molecule has 0 heterocycles. The van der Waals surface area contributed by atoms with E-state index in [9.17, 15) is 14.7 Å². The molecule has 2 aliphatic carbocycles. The molecule has 1 fully saturated rings. The summed E-state index contributed by atoms with van der Waals surface area (Å²) in [4.78, 5) is 23.7. The van der Waals surface area contributed by atoms with Gasteiger partial charge in [0, 0.05) is 18.8 Å². The van der Waals surface area contributed by atoms with Gasteiger partial charge < -0.3 is 9.84 Å². The second-order valence-electron chi connectivity index (χ2n) is 8.24. The van der Waals surface area contributed by atoms with Crippen LogP contribution < -0.4 is 0 Å². The summed E-state index contributed by atoms with van der Waals surface area (Å²) in [5.74, 6) is -0.449. The number of ether oxygens (including phenoxy) is 1. The first kappa shape index (κ1) is 20.6. The quantitative estimate of drug-likeness (QED) is 0.574. The maximum Gasteiger partial charge on any atom is 0.302 e. The average Bonchev–Trinajstić information content (AvgIpc) is 3.05. The zero-order valence-corrected chi connectivity index (χ0v) is 16.6. The Morgan fingerprint density at radius 2 is 2.00 bits per heavy atom. The molecule has 0 aromatic heterocycles. The Morgan fingerprint density at radius 1 is 1.31 bits per heavy atom. The topological polar surface area (TPSA) is 63.6 Å². The lowest BCUT2D eigenvalue weighted by Gasteiger charge is -2.34. The fraction of sp³-hybridized carbons (Fsp3) is 0.636. The highest BCUT2D eigenvalue weighted by molar-refractivity contribution is 5.94. The molecule has 0 spiro atoms. The van der Waals surface area contributed by atoms with Gasteiger partial charge in [-0.25, -0.2) is 0 Å². The van der Waals surface area contributed by atoms with E-state index >= 15 is 0 Å². The molecule has 1 N–H and O–H groups in total. The van der Waals surface area contributed by atoms with Gasteiger partial charge in [0.25, 0.3) is 0 Å². The molecule has 4 heteroatoms. The van der Waals surface area contributed by atoms with E-state index in [0.717, 1.165) is 12.8 Å². The highest BCUT2D eigenvalue weighted by Gasteiger charge is 2.53. The smallest absolute Gasteiger partial charge is 0.302 e. The molecule has 0 amide bonds. The van der Waals surface area contributed by atoms with E-state index in [1.54, 1.807) is 6.08 Å². The van der Waals surface area contributed by atoms with Crippen LogP contribution >= 0.6 is 0 Å². The van der Waals surface area contributed by atoms with Gasteiger partial charge >= 0.3 is 5.97 Å². The summed E-state index contributed by atoms with van der Waals surface area (Å²) in [7, 11) is 0. The van der Waals surface area contributed by atoms with Gasteiger partial charge in [-0.05, 0) is 57.9 Å². The Kier molecular flexibility index (Phi) is 6.62. The maximum absolute atomic E-state index is 12.4. The van der Waals surface area contributed by atoms with E-state index in [1.165, 1.54) is 18.1 Å². The van der Waals surface area contributed by atoms with Crippen molar-refractivity contribution in [2.45, 2.75) is 59.5 Å². The van der Waals surface area contributed by atoms with E-state index in [0.29, 0.717) is 6.42 Å². The Bertz CT molecular complexity index is 639. The first-order valence-electron chi connectivity index (χ1n) is 9.52. The highest BCUT2D eigenvalue weighted by Crippen LogP contribution is 2.50. The van der Waals surface area contributed by atoms with Crippen LogP contribution in [0.1, 0.15) is 53.9 Å². The van der Waals surface area contributed by atoms with Gasteiger partial charge in [-0.3, -0.25) is 9.59 Å². The van der Waals surface area contributed by atoms with Crippen molar-refractivity contribution < 1.29 is 19.4 Å². The second-order valence-corrected chi connectivity index (χ2v) is 8.24. The average molecular weight is 360 g/mol. The summed E-state index contributed by atoms with van der Waals surface area (Å²) in [5, 5.41) is 11.3. The van der Waals surface area contributed by atoms with E-state index in [4.69, 9.17) is 4.74 Å². The number of ketones is 1. The highest BCUT2D eigenvalue weighted by atomic mass is 16.5. The monoisotopic (exact) mass is 360 g/mol. The van der Waals surface area contributed by atoms with Crippen LogP contribution in [0.25, 0.3) is 0 Å². The van der Waals surface area contributed by atoms with Gasteiger partial charge in [0.1, 0.15) is 12.2 Å². The lowest BCUT2D eigenvalue weighted by Crippen LogP contribution is -2.44. The number of hydrogen-bond acceptors (Lipinski definition) is 4. The van der Waals surface area contributed by atoms with Gasteiger partial charge in [0.05, 0.1) is 0 Å². The van der Waals surface area contributed by atoms with Crippen molar-refractivity contribution in [1.29, 1.82) is 0 Å². The number of aliphatic hydroxyl groups is 1. The standard InChI is InChI=1S/C22H32O4/c1-14(2)7-6-8-15(3)18-11-19(21-16(4)9-10-20(21)24)22(25,12-18)13-26-17(5)23/h7-10,16,18-19,21,25H,6,11-13H2,1-5H3/b15-8-/t16-,18+,19+,21+,22+/m1/s1. The van der Waals surface area contributed by atoms with Crippen molar-refractivity contribution in [1.82, 2.24) is 0 Å². The summed E-state index contributed by atoms with van der Waals surface area (Å²) in [6.07, 6.45) is 10.1. The number of carbonyl (C=O) groups excluding carboxylic acids is 2.